The molecule has 4 rings (SSSR count). The molecule has 4 nitrogen and oxygen atoms in total. The van der Waals surface area contributed by atoms with Gasteiger partial charge in [-0.2, -0.15) is 0 Å². The van der Waals surface area contributed by atoms with Crippen LogP contribution in [0.5, 0.6) is 0 Å². The van der Waals surface area contributed by atoms with E-state index in [2.05, 4.69) is 16.4 Å². The molecular formula is C23H23FN2O2. The number of aromatic nitrogens is 1. The van der Waals surface area contributed by atoms with Crippen LogP contribution in [0.4, 0.5) is 4.39 Å². The first-order valence-electron chi connectivity index (χ1n) is 9.59. The summed E-state index contributed by atoms with van der Waals surface area (Å²) in [5.74, 6) is -0.256. The molecule has 0 spiro atoms. The van der Waals surface area contributed by atoms with Crippen molar-refractivity contribution >= 4 is 16.8 Å². The molecule has 1 aliphatic heterocycles. The summed E-state index contributed by atoms with van der Waals surface area (Å²) in [7, 11) is 0. The monoisotopic (exact) mass is 378 g/mol. The molecule has 2 heterocycles. The summed E-state index contributed by atoms with van der Waals surface area (Å²) in [6, 6.07) is 14.5. The van der Waals surface area contributed by atoms with Crippen LogP contribution in [0, 0.1) is 5.82 Å². The number of aromatic amines is 1. The van der Waals surface area contributed by atoms with Crippen LogP contribution in [0.15, 0.2) is 60.7 Å². The Labute approximate surface area is 163 Å². The van der Waals surface area contributed by atoms with Crippen LogP contribution in [0.25, 0.3) is 22.2 Å². The van der Waals surface area contributed by atoms with Gasteiger partial charge in [-0.05, 0) is 54.3 Å². The number of hydrogen-bond donors (Lipinski definition) is 2. The van der Waals surface area contributed by atoms with E-state index in [1.807, 2.05) is 30.3 Å². The van der Waals surface area contributed by atoms with Crippen LogP contribution < -0.4 is 5.32 Å². The number of ether oxygens (including phenoxy) is 1. The van der Waals surface area contributed by atoms with E-state index >= 15 is 0 Å². The van der Waals surface area contributed by atoms with Gasteiger partial charge in [0.1, 0.15) is 5.82 Å². The Morgan fingerprint density at radius 2 is 1.96 bits per heavy atom. The molecule has 0 saturated heterocycles. The van der Waals surface area contributed by atoms with Crippen LogP contribution in [0.2, 0.25) is 0 Å². The van der Waals surface area contributed by atoms with E-state index in [9.17, 15) is 9.18 Å². The third-order valence-corrected chi connectivity index (χ3v) is 5.07. The number of H-pyrrole nitrogens is 1. The van der Waals surface area contributed by atoms with Crippen LogP contribution in [-0.4, -0.2) is 30.1 Å². The van der Waals surface area contributed by atoms with Crippen molar-refractivity contribution in [2.24, 2.45) is 0 Å². The number of amides is 1. The molecule has 28 heavy (non-hydrogen) atoms. The van der Waals surface area contributed by atoms with Crippen molar-refractivity contribution in [1.29, 1.82) is 0 Å². The van der Waals surface area contributed by atoms with Gasteiger partial charge in [-0.3, -0.25) is 4.79 Å². The zero-order valence-electron chi connectivity index (χ0n) is 15.6. The molecule has 1 aliphatic rings. The summed E-state index contributed by atoms with van der Waals surface area (Å²) in [5, 5.41) is 4.06. The molecule has 2 aromatic carbocycles. The van der Waals surface area contributed by atoms with E-state index in [0.717, 1.165) is 34.1 Å². The minimum atomic E-state index is -0.263. The lowest BCUT2D eigenvalue weighted by Crippen LogP contribution is -2.34. The lowest BCUT2D eigenvalue weighted by Gasteiger charge is -2.19. The minimum absolute atomic E-state index is 0.00786. The third kappa shape index (κ3) is 4.15. The molecule has 144 valence electrons. The van der Waals surface area contributed by atoms with Gasteiger partial charge in [-0.15, -0.1) is 0 Å². The van der Waals surface area contributed by atoms with Gasteiger partial charge in [0, 0.05) is 29.6 Å². The Morgan fingerprint density at radius 3 is 2.75 bits per heavy atom. The Morgan fingerprint density at radius 1 is 1.14 bits per heavy atom. The molecule has 1 amide bonds. The maximum atomic E-state index is 13.3. The number of nitrogens with one attached hydrogen (secondary N) is 2. The molecule has 0 fully saturated rings. The fourth-order valence-electron chi connectivity index (χ4n) is 3.60. The summed E-state index contributed by atoms with van der Waals surface area (Å²) < 4.78 is 18.9. The van der Waals surface area contributed by atoms with Crippen molar-refractivity contribution in [2.45, 2.75) is 25.4 Å². The van der Waals surface area contributed by atoms with Crippen molar-refractivity contribution in [3.63, 3.8) is 0 Å². The summed E-state index contributed by atoms with van der Waals surface area (Å²) in [6.07, 6.45) is 5.95. The molecular weight excluding hydrogens is 355 g/mol. The van der Waals surface area contributed by atoms with Gasteiger partial charge in [0.25, 0.3) is 0 Å². The van der Waals surface area contributed by atoms with E-state index in [1.165, 1.54) is 12.1 Å². The van der Waals surface area contributed by atoms with Crippen LogP contribution >= 0.6 is 0 Å². The molecule has 5 heteroatoms. The average molecular weight is 378 g/mol. The topological polar surface area (TPSA) is 54.1 Å². The van der Waals surface area contributed by atoms with Gasteiger partial charge in [0.15, 0.2) is 0 Å². The van der Waals surface area contributed by atoms with E-state index in [0.29, 0.717) is 26.0 Å². The summed E-state index contributed by atoms with van der Waals surface area (Å²) in [6.45, 7) is 1.14. The predicted molar refractivity (Wildman–Crippen MR) is 109 cm³/mol. The van der Waals surface area contributed by atoms with E-state index < -0.39 is 0 Å². The quantitative estimate of drug-likeness (QED) is 0.626. The molecule has 3 aromatic rings. The van der Waals surface area contributed by atoms with Crippen molar-refractivity contribution in [3.8, 4) is 11.3 Å². The van der Waals surface area contributed by atoms with Gasteiger partial charge in [-0.25, -0.2) is 4.39 Å². The molecule has 2 N–H and O–H groups in total. The van der Waals surface area contributed by atoms with Crippen molar-refractivity contribution in [2.75, 3.05) is 13.2 Å². The number of benzene rings is 2. The highest BCUT2D eigenvalue weighted by molar-refractivity contribution is 5.91. The maximum absolute atomic E-state index is 13.3. The van der Waals surface area contributed by atoms with Crippen molar-refractivity contribution in [1.82, 2.24) is 10.3 Å². The average Bonchev–Trinajstić information content (AvgIpc) is 3.10. The van der Waals surface area contributed by atoms with Crippen LogP contribution in [0.3, 0.4) is 0 Å². The van der Waals surface area contributed by atoms with E-state index in [-0.39, 0.29) is 17.8 Å². The number of fused-ring (bicyclic) bond motifs is 1. The highest BCUT2D eigenvalue weighted by Gasteiger charge is 2.16. The first-order chi connectivity index (χ1) is 13.7. The normalized spacial score (nSPS) is 16.4. The second-order valence-electron chi connectivity index (χ2n) is 7.00. The van der Waals surface area contributed by atoms with E-state index in [1.54, 1.807) is 12.1 Å². The fraction of sp³-hybridized carbons (Fsp3) is 0.261. The van der Waals surface area contributed by atoms with Gasteiger partial charge in [-0.1, -0.05) is 30.4 Å². The molecule has 0 aliphatic carbocycles. The third-order valence-electron chi connectivity index (χ3n) is 5.07. The number of carbonyl (C=O) groups is 1. The fourth-order valence-corrected chi connectivity index (χ4v) is 3.60. The zero-order valence-corrected chi connectivity index (χ0v) is 15.6. The van der Waals surface area contributed by atoms with Gasteiger partial charge in [0.2, 0.25) is 5.91 Å². The SMILES string of the molecule is O=C(CCc1c(-c2ccc(F)cc2)[nH]c2ccccc12)NCC1CC=CCO1. The second-order valence-corrected chi connectivity index (χ2v) is 7.00. The zero-order chi connectivity index (χ0) is 19.3. The Kier molecular flexibility index (Phi) is 5.53. The number of carbonyl (C=O) groups excluding carboxylic acids is 1. The second kappa shape index (κ2) is 8.40. The molecule has 1 atom stereocenters. The summed E-state index contributed by atoms with van der Waals surface area (Å²) in [4.78, 5) is 15.8. The summed E-state index contributed by atoms with van der Waals surface area (Å²) >= 11 is 0. The predicted octanol–water partition coefficient (Wildman–Crippen LogP) is 4.37. The first kappa shape index (κ1) is 18.4. The first-order valence-corrected chi connectivity index (χ1v) is 9.59. The van der Waals surface area contributed by atoms with Crippen LogP contribution in [0.1, 0.15) is 18.4 Å². The smallest absolute Gasteiger partial charge is 0.220 e. The standard InChI is InChI=1S/C23H23FN2O2/c24-17-10-8-16(9-11-17)23-20(19-6-1-2-7-21(19)26-23)12-13-22(27)25-15-18-5-3-4-14-28-18/h1-4,6-11,18,26H,5,12-15H2,(H,25,27). The Balaban J connectivity index is 1.49. The Bertz CT molecular complexity index is 992. The highest BCUT2D eigenvalue weighted by Crippen LogP contribution is 2.31. The van der Waals surface area contributed by atoms with Gasteiger partial charge < -0.3 is 15.0 Å². The lowest BCUT2D eigenvalue weighted by molar-refractivity contribution is -0.121. The molecule has 1 unspecified atom stereocenters. The molecule has 0 saturated carbocycles. The van der Waals surface area contributed by atoms with Gasteiger partial charge in [0.05, 0.1) is 12.7 Å². The number of halogens is 1. The van der Waals surface area contributed by atoms with Crippen LogP contribution in [-0.2, 0) is 16.0 Å². The maximum Gasteiger partial charge on any atom is 0.220 e. The summed E-state index contributed by atoms with van der Waals surface area (Å²) in [5.41, 5.74) is 3.94. The Hall–Kier alpha value is -2.92. The number of aryl methyl sites for hydroxylation is 1. The van der Waals surface area contributed by atoms with Crippen molar-refractivity contribution in [3.05, 3.63) is 72.1 Å². The van der Waals surface area contributed by atoms with Gasteiger partial charge >= 0.3 is 0 Å². The molecule has 0 bridgehead atoms. The highest BCUT2D eigenvalue weighted by atomic mass is 19.1. The van der Waals surface area contributed by atoms with E-state index in [4.69, 9.17) is 4.74 Å². The largest absolute Gasteiger partial charge is 0.372 e. The molecule has 1 aromatic heterocycles. The number of hydrogen-bond acceptors (Lipinski definition) is 2. The minimum Gasteiger partial charge on any atom is -0.372 e. The number of rotatable bonds is 6. The number of para-hydroxylation sites is 1. The lowest BCUT2D eigenvalue weighted by atomic mass is 10.0. The molecule has 0 radical (unpaired) electrons. The van der Waals surface area contributed by atoms with Crippen molar-refractivity contribution < 1.29 is 13.9 Å².